The number of carbonyl (C=O) groups excluding carboxylic acids is 1. The number of alkyl halides is 3. The zero-order valence-electron chi connectivity index (χ0n) is 10.9. The molecule has 0 aliphatic carbocycles. The van der Waals surface area contributed by atoms with Crippen molar-refractivity contribution in [1.29, 1.82) is 0 Å². The molecule has 0 saturated carbocycles. The lowest BCUT2D eigenvalue weighted by Gasteiger charge is -2.35. The lowest BCUT2D eigenvalue weighted by molar-refractivity contribution is 0.0432. The first kappa shape index (κ1) is 20.4. The Labute approximate surface area is 173 Å². The number of carbonyl (C=O) groups is 1. The molecule has 0 bridgehead atoms. The van der Waals surface area contributed by atoms with Crippen LogP contribution < -0.4 is 4.74 Å². The van der Waals surface area contributed by atoms with Gasteiger partial charge in [0.05, 0.1) is 4.47 Å². The predicted octanol–water partition coefficient (Wildman–Crippen LogP) is 7.35. The van der Waals surface area contributed by atoms with Crippen LogP contribution in [0.3, 0.4) is 0 Å². The average Bonchev–Trinajstić information content (AvgIpc) is 2.38. The van der Waals surface area contributed by atoms with Gasteiger partial charge in [0.2, 0.25) is 3.42 Å². The van der Waals surface area contributed by atoms with E-state index in [1.54, 1.807) is 12.1 Å². The maximum Gasteiger partial charge on any atom is 0.516 e. The van der Waals surface area contributed by atoms with Crippen LogP contribution in [0.5, 0.6) is 5.75 Å². The highest BCUT2D eigenvalue weighted by Gasteiger charge is 2.44. The third-order valence-electron chi connectivity index (χ3n) is 2.53. The second-order valence-electron chi connectivity index (χ2n) is 4.66. The van der Waals surface area contributed by atoms with Gasteiger partial charge in [-0.05, 0) is 91.8 Å². The fraction of sp³-hybridized carbons (Fsp3) is 0.417. The molecule has 1 aromatic rings. The van der Waals surface area contributed by atoms with Crippen molar-refractivity contribution >= 4 is 102 Å². The molecule has 0 heterocycles. The van der Waals surface area contributed by atoms with Crippen LogP contribution in [0.15, 0.2) is 25.6 Å². The highest BCUT2D eigenvalue weighted by Crippen LogP contribution is 2.46. The molecule has 0 amide bonds. The fourth-order valence-corrected chi connectivity index (χ4v) is 4.06. The Morgan fingerprint density at radius 3 is 2.24 bits per heavy atom. The Bertz CT molecular complexity index is 544. The van der Waals surface area contributed by atoms with Gasteiger partial charge in [0, 0.05) is 19.7 Å². The molecule has 3 nitrogen and oxygen atoms in total. The van der Waals surface area contributed by atoms with Crippen LogP contribution in [0.2, 0.25) is 0 Å². The van der Waals surface area contributed by atoms with E-state index in [0.29, 0.717) is 15.6 Å². The van der Waals surface area contributed by atoms with Crippen LogP contribution in [-0.4, -0.2) is 14.9 Å². The highest BCUT2D eigenvalue weighted by atomic mass is 79.9. The van der Waals surface area contributed by atoms with E-state index >= 15 is 0 Å². The molecule has 0 aromatic heterocycles. The summed E-state index contributed by atoms with van der Waals surface area (Å²) in [5.74, 6) is 0.350. The Balaban J connectivity index is 2.86. The molecule has 0 aliphatic heterocycles. The van der Waals surface area contributed by atoms with Gasteiger partial charge in [-0.1, -0.05) is 29.8 Å². The van der Waals surface area contributed by atoms with Crippen LogP contribution in [0.4, 0.5) is 4.79 Å². The number of hydrogen-bond acceptors (Lipinski definition) is 3. The largest absolute Gasteiger partial charge is 0.516 e. The average molecular weight is 682 g/mol. The molecule has 0 N–H and O–H groups in total. The predicted molar refractivity (Wildman–Crippen MR) is 105 cm³/mol. The first-order valence-electron chi connectivity index (χ1n) is 5.50. The topological polar surface area (TPSA) is 35.5 Å². The number of rotatable bonds is 4. The van der Waals surface area contributed by atoms with Gasteiger partial charge in [-0.25, -0.2) is 4.79 Å². The molecule has 0 saturated heterocycles. The lowest BCUT2D eigenvalue weighted by Crippen LogP contribution is -2.39. The SMILES string of the molecule is CC(C)(CBr)C(Br)(Br)OC(=O)Oc1ccc(Br)c(Br)c1Br. The van der Waals surface area contributed by atoms with Crippen LogP contribution in [0.1, 0.15) is 13.8 Å². The molecule has 0 atom stereocenters. The van der Waals surface area contributed by atoms with Crippen LogP contribution in [-0.2, 0) is 4.74 Å². The van der Waals surface area contributed by atoms with E-state index in [-0.39, 0.29) is 0 Å². The van der Waals surface area contributed by atoms with E-state index in [4.69, 9.17) is 9.47 Å². The highest BCUT2D eigenvalue weighted by molar-refractivity contribution is 9.25. The molecule has 0 unspecified atom stereocenters. The Kier molecular flexibility index (Phi) is 7.74. The molecule has 0 fully saturated rings. The standard InChI is InChI=1S/C12H10Br6O3/c1-11(2,5-13)12(17,18)21-10(19)20-7-4-3-6(14)8(15)9(7)16/h3-4H,5H2,1-2H3. The van der Waals surface area contributed by atoms with Crippen molar-refractivity contribution in [1.82, 2.24) is 0 Å². The zero-order chi connectivity index (χ0) is 16.4. The van der Waals surface area contributed by atoms with Crippen molar-refractivity contribution in [3.05, 3.63) is 25.6 Å². The molecular weight excluding hydrogens is 672 g/mol. The number of benzene rings is 1. The van der Waals surface area contributed by atoms with Gasteiger partial charge in [-0.15, -0.1) is 0 Å². The Morgan fingerprint density at radius 1 is 1.14 bits per heavy atom. The van der Waals surface area contributed by atoms with Gasteiger partial charge in [-0.3, -0.25) is 0 Å². The smallest absolute Gasteiger partial charge is 0.405 e. The second-order valence-corrected chi connectivity index (χ2v) is 11.0. The third-order valence-corrected chi connectivity index (χ3v) is 9.73. The molecular formula is C12H10Br6O3. The van der Waals surface area contributed by atoms with Gasteiger partial charge in [0.1, 0.15) is 5.75 Å². The summed E-state index contributed by atoms with van der Waals surface area (Å²) in [6.45, 7) is 3.84. The Morgan fingerprint density at radius 2 is 1.71 bits per heavy atom. The molecule has 0 spiro atoms. The van der Waals surface area contributed by atoms with Crippen LogP contribution in [0, 0.1) is 5.41 Å². The minimum Gasteiger partial charge on any atom is -0.405 e. The van der Waals surface area contributed by atoms with Crippen molar-refractivity contribution in [3.8, 4) is 5.75 Å². The van der Waals surface area contributed by atoms with E-state index in [1.165, 1.54) is 0 Å². The maximum atomic E-state index is 12.0. The van der Waals surface area contributed by atoms with Crippen molar-refractivity contribution in [2.75, 3.05) is 5.33 Å². The first-order valence-corrected chi connectivity index (χ1v) is 10.6. The van der Waals surface area contributed by atoms with Gasteiger partial charge in [0.15, 0.2) is 0 Å². The number of halogens is 6. The van der Waals surface area contributed by atoms with Gasteiger partial charge < -0.3 is 9.47 Å². The zero-order valence-corrected chi connectivity index (χ0v) is 20.4. The third kappa shape index (κ3) is 5.17. The minimum absolute atomic E-state index is 0.350. The number of ether oxygens (including phenoxy) is 2. The quantitative estimate of drug-likeness (QED) is 0.144. The van der Waals surface area contributed by atoms with Crippen molar-refractivity contribution in [2.45, 2.75) is 17.3 Å². The molecule has 1 aromatic carbocycles. The minimum atomic E-state index is -1.05. The first-order chi connectivity index (χ1) is 9.51. The van der Waals surface area contributed by atoms with Gasteiger partial charge in [0.25, 0.3) is 0 Å². The summed E-state index contributed by atoms with van der Waals surface area (Å²) in [7, 11) is 0. The van der Waals surface area contributed by atoms with Crippen LogP contribution in [0.25, 0.3) is 0 Å². The normalized spacial score (nSPS) is 12.2. The molecule has 1 rings (SSSR count). The van der Waals surface area contributed by atoms with E-state index in [1.807, 2.05) is 13.8 Å². The molecule has 21 heavy (non-hydrogen) atoms. The van der Waals surface area contributed by atoms with Gasteiger partial charge in [-0.2, -0.15) is 0 Å². The van der Waals surface area contributed by atoms with E-state index in [0.717, 1.165) is 8.95 Å². The number of hydrogen-bond donors (Lipinski definition) is 0. The summed E-state index contributed by atoms with van der Waals surface area (Å²) < 4.78 is 11.7. The van der Waals surface area contributed by atoms with E-state index in [9.17, 15) is 4.79 Å². The van der Waals surface area contributed by atoms with E-state index < -0.39 is 15.0 Å². The lowest BCUT2D eigenvalue weighted by atomic mass is 9.98. The van der Waals surface area contributed by atoms with E-state index in [2.05, 4.69) is 95.6 Å². The molecule has 0 radical (unpaired) electrons. The monoisotopic (exact) mass is 676 g/mol. The van der Waals surface area contributed by atoms with Crippen molar-refractivity contribution in [2.24, 2.45) is 5.41 Å². The molecule has 0 aliphatic rings. The summed E-state index contributed by atoms with van der Waals surface area (Å²) in [4.78, 5) is 12.0. The summed E-state index contributed by atoms with van der Waals surface area (Å²) in [5, 5.41) is 0.608. The summed E-state index contributed by atoms with van der Waals surface area (Å²) in [6.07, 6.45) is -0.826. The molecule has 9 heteroatoms. The summed E-state index contributed by atoms with van der Waals surface area (Å²) >= 11 is 20.2. The summed E-state index contributed by atoms with van der Waals surface area (Å²) in [5.41, 5.74) is -0.399. The van der Waals surface area contributed by atoms with Crippen molar-refractivity contribution < 1.29 is 14.3 Å². The van der Waals surface area contributed by atoms with Crippen LogP contribution >= 0.6 is 95.6 Å². The second kappa shape index (κ2) is 7.96. The molecule has 118 valence electrons. The maximum absolute atomic E-state index is 12.0. The summed E-state index contributed by atoms with van der Waals surface area (Å²) in [6, 6.07) is 3.41. The van der Waals surface area contributed by atoms with Crippen molar-refractivity contribution in [3.63, 3.8) is 0 Å². The van der Waals surface area contributed by atoms with Gasteiger partial charge >= 0.3 is 6.16 Å². The Hall–Kier alpha value is 1.37. The fourth-order valence-electron chi connectivity index (χ4n) is 1.02.